The number of nitrogens with one attached hydrogen (secondary N) is 1. The van der Waals surface area contributed by atoms with E-state index in [0.29, 0.717) is 28.2 Å². The summed E-state index contributed by atoms with van der Waals surface area (Å²) in [5.74, 6) is 6.42. The van der Waals surface area contributed by atoms with Gasteiger partial charge in [-0.05, 0) is 51.0 Å². The van der Waals surface area contributed by atoms with E-state index < -0.39 is 8.32 Å². The molecule has 0 saturated heterocycles. The lowest BCUT2D eigenvalue weighted by molar-refractivity contribution is 0.188. The SMILES string of the molecule is CC[Si](CC)(CC)OC(CNCC#CC(C)(C)C)c1c(Cl)cc(Cl)cc1Cl. The summed E-state index contributed by atoms with van der Waals surface area (Å²) in [6.07, 6.45) is -0.217. The van der Waals surface area contributed by atoms with Gasteiger partial charge < -0.3 is 9.74 Å². The molecule has 0 bridgehead atoms. The standard InChI is InChI=1S/C21H32Cl3NOSi/c1-7-27(8-2,9-3)26-19(15-25-12-10-11-21(4,5)6)20-17(23)13-16(22)14-18(20)24/h13-14,19,25H,7-9,12,15H2,1-6H3. The molecule has 0 aliphatic carbocycles. The predicted octanol–water partition coefficient (Wildman–Crippen LogP) is 7.35. The molecule has 152 valence electrons. The van der Waals surface area contributed by atoms with Crippen LogP contribution in [-0.2, 0) is 4.43 Å². The zero-order chi connectivity index (χ0) is 20.7. The van der Waals surface area contributed by atoms with Crippen molar-refractivity contribution in [2.24, 2.45) is 5.41 Å². The summed E-state index contributed by atoms with van der Waals surface area (Å²) in [5.41, 5.74) is 0.806. The van der Waals surface area contributed by atoms with Gasteiger partial charge in [0.2, 0.25) is 0 Å². The van der Waals surface area contributed by atoms with Crippen LogP contribution in [-0.4, -0.2) is 21.4 Å². The summed E-state index contributed by atoms with van der Waals surface area (Å²) in [6, 6.07) is 6.63. The first kappa shape index (κ1) is 24.8. The van der Waals surface area contributed by atoms with Gasteiger partial charge in [-0.15, -0.1) is 0 Å². The highest BCUT2D eigenvalue weighted by molar-refractivity contribution is 6.73. The van der Waals surface area contributed by atoms with E-state index in [1.165, 1.54) is 0 Å². The smallest absolute Gasteiger partial charge is 0.192 e. The lowest BCUT2D eigenvalue weighted by Gasteiger charge is -2.34. The van der Waals surface area contributed by atoms with E-state index in [1.54, 1.807) is 12.1 Å². The van der Waals surface area contributed by atoms with Crippen LogP contribution >= 0.6 is 34.8 Å². The Labute approximate surface area is 181 Å². The van der Waals surface area contributed by atoms with E-state index >= 15 is 0 Å². The Morgan fingerprint density at radius 2 is 1.56 bits per heavy atom. The molecule has 0 fully saturated rings. The van der Waals surface area contributed by atoms with E-state index in [2.05, 4.69) is 58.7 Å². The van der Waals surface area contributed by atoms with Crippen LogP contribution in [0, 0.1) is 17.3 Å². The van der Waals surface area contributed by atoms with Gasteiger partial charge in [-0.25, -0.2) is 0 Å². The normalized spacial score (nSPS) is 13.2. The highest BCUT2D eigenvalue weighted by Crippen LogP contribution is 2.38. The molecule has 27 heavy (non-hydrogen) atoms. The second kappa shape index (κ2) is 11.1. The highest BCUT2D eigenvalue weighted by atomic mass is 35.5. The van der Waals surface area contributed by atoms with Crippen LogP contribution in [0.2, 0.25) is 33.2 Å². The molecular weight excluding hydrogens is 417 g/mol. The maximum atomic E-state index is 6.74. The summed E-state index contributed by atoms with van der Waals surface area (Å²) in [4.78, 5) is 0. The Hall–Kier alpha value is -0.213. The molecule has 0 aliphatic rings. The van der Waals surface area contributed by atoms with Crippen molar-refractivity contribution >= 4 is 43.1 Å². The summed E-state index contributed by atoms with van der Waals surface area (Å²) in [5, 5.41) is 5.02. The Balaban J connectivity index is 3.08. The van der Waals surface area contributed by atoms with Crippen molar-refractivity contribution in [3.63, 3.8) is 0 Å². The Morgan fingerprint density at radius 3 is 2.00 bits per heavy atom. The molecular formula is C21H32Cl3NOSi. The van der Waals surface area contributed by atoms with Crippen LogP contribution in [0.15, 0.2) is 12.1 Å². The first-order chi connectivity index (χ1) is 12.6. The summed E-state index contributed by atoms with van der Waals surface area (Å²) in [7, 11) is -1.85. The molecule has 0 saturated carbocycles. The summed E-state index contributed by atoms with van der Waals surface area (Å²) >= 11 is 19.1. The topological polar surface area (TPSA) is 21.3 Å². The van der Waals surface area contributed by atoms with Crippen LogP contribution in [0.1, 0.15) is 53.2 Å². The molecule has 0 heterocycles. The fourth-order valence-electron chi connectivity index (χ4n) is 2.94. The van der Waals surface area contributed by atoms with E-state index in [1.807, 2.05) is 0 Å². The van der Waals surface area contributed by atoms with Gasteiger partial charge in [-0.2, -0.15) is 0 Å². The number of benzene rings is 1. The van der Waals surface area contributed by atoms with Crippen molar-refractivity contribution in [2.45, 2.75) is 65.8 Å². The third-order valence-corrected chi connectivity index (χ3v) is 10.2. The predicted molar refractivity (Wildman–Crippen MR) is 123 cm³/mol. The average molecular weight is 449 g/mol. The molecule has 1 unspecified atom stereocenters. The minimum atomic E-state index is -1.85. The zero-order valence-electron chi connectivity index (χ0n) is 17.3. The highest BCUT2D eigenvalue weighted by Gasteiger charge is 2.34. The maximum absolute atomic E-state index is 6.74. The molecule has 0 radical (unpaired) electrons. The number of halogens is 3. The minimum absolute atomic E-state index is 0.00488. The van der Waals surface area contributed by atoms with E-state index in [4.69, 9.17) is 39.2 Å². The van der Waals surface area contributed by atoms with Crippen molar-refractivity contribution < 1.29 is 4.43 Å². The van der Waals surface area contributed by atoms with E-state index in [-0.39, 0.29) is 11.5 Å². The zero-order valence-corrected chi connectivity index (χ0v) is 20.6. The first-order valence-electron chi connectivity index (χ1n) is 9.60. The van der Waals surface area contributed by atoms with Gasteiger partial charge in [-0.1, -0.05) is 67.4 Å². The quantitative estimate of drug-likeness (QED) is 0.242. The van der Waals surface area contributed by atoms with Crippen LogP contribution in [0.4, 0.5) is 0 Å². The largest absolute Gasteiger partial charge is 0.409 e. The number of hydrogen-bond donors (Lipinski definition) is 1. The molecule has 1 aromatic rings. The van der Waals surface area contributed by atoms with Gasteiger partial charge in [0.25, 0.3) is 0 Å². The third kappa shape index (κ3) is 7.97. The molecule has 1 aromatic carbocycles. The summed E-state index contributed by atoms with van der Waals surface area (Å²) in [6.45, 7) is 14.1. The average Bonchev–Trinajstić information content (AvgIpc) is 2.57. The Kier molecular flexibility index (Phi) is 10.2. The molecule has 0 aromatic heterocycles. The van der Waals surface area contributed by atoms with Crippen molar-refractivity contribution in [3.05, 3.63) is 32.8 Å². The molecule has 0 spiro atoms. The van der Waals surface area contributed by atoms with Gasteiger partial charge in [0, 0.05) is 32.6 Å². The van der Waals surface area contributed by atoms with Crippen molar-refractivity contribution in [1.82, 2.24) is 5.32 Å². The number of rotatable bonds is 9. The second-order valence-electron chi connectivity index (χ2n) is 7.82. The van der Waals surface area contributed by atoms with Crippen LogP contribution < -0.4 is 5.32 Å². The van der Waals surface area contributed by atoms with Gasteiger partial charge in [0.15, 0.2) is 8.32 Å². The lowest BCUT2D eigenvalue weighted by Crippen LogP contribution is -2.40. The molecule has 0 amide bonds. The fraction of sp³-hybridized carbons (Fsp3) is 0.619. The lowest BCUT2D eigenvalue weighted by atomic mass is 9.98. The first-order valence-corrected chi connectivity index (χ1v) is 13.3. The van der Waals surface area contributed by atoms with Crippen molar-refractivity contribution in [1.29, 1.82) is 0 Å². The molecule has 6 heteroatoms. The van der Waals surface area contributed by atoms with Crippen molar-refractivity contribution in [3.8, 4) is 11.8 Å². The van der Waals surface area contributed by atoms with Crippen molar-refractivity contribution in [2.75, 3.05) is 13.1 Å². The minimum Gasteiger partial charge on any atom is -0.409 e. The van der Waals surface area contributed by atoms with E-state index in [0.717, 1.165) is 23.7 Å². The maximum Gasteiger partial charge on any atom is 0.192 e. The van der Waals surface area contributed by atoms with Crippen LogP contribution in [0.5, 0.6) is 0 Å². The molecule has 1 rings (SSSR count). The van der Waals surface area contributed by atoms with Crippen LogP contribution in [0.3, 0.4) is 0 Å². The molecule has 2 nitrogen and oxygen atoms in total. The fourth-order valence-corrected chi connectivity index (χ4v) is 6.81. The van der Waals surface area contributed by atoms with Crippen LogP contribution in [0.25, 0.3) is 0 Å². The summed E-state index contributed by atoms with van der Waals surface area (Å²) < 4.78 is 6.74. The van der Waals surface area contributed by atoms with Gasteiger partial charge in [-0.3, -0.25) is 0 Å². The van der Waals surface area contributed by atoms with E-state index in [9.17, 15) is 0 Å². The third-order valence-electron chi connectivity index (χ3n) is 4.70. The van der Waals surface area contributed by atoms with Gasteiger partial charge >= 0.3 is 0 Å². The Bertz CT molecular complexity index is 641. The second-order valence-corrected chi connectivity index (χ2v) is 13.8. The molecule has 1 N–H and O–H groups in total. The van der Waals surface area contributed by atoms with Gasteiger partial charge in [0.1, 0.15) is 0 Å². The monoisotopic (exact) mass is 447 g/mol. The Morgan fingerprint density at radius 1 is 1.04 bits per heavy atom. The molecule has 0 aliphatic heterocycles. The van der Waals surface area contributed by atoms with Gasteiger partial charge in [0.05, 0.1) is 12.6 Å². The number of hydrogen-bond acceptors (Lipinski definition) is 2. The molecule has 1 atom stereocenters.